The lowest BCUT2D eigenvalue weighted by Crippen LogP contribution is -2.49. The molecular formula is C19H27ClN2O3. The maximum Gasteiger partial charge on any atom is 0.325 e. The Morgan fingerprint density at radius 2 is 1.96 bits per heavy atom. The molecule has 138 valence electrons. The second-order valence-corrected chi connectivity index (χ2v) is 7.81. The van der Waals surface area contributed by atoms with Crippen LogP contribution in [0.5, 0.6) is 5.75 Å². The Kier molecular flexibility index (Phi) is 5.87. The van der Waals surface area contributed by atoms with Crippen molar-refractivity contribution in [3.8, 4) is 5.75 Å². The van der Waals surface area contributed by atoms with Gasteiger partial charge in [-0.15, -0.1) is 0 Å². The van der Waals surface area contributed by atoms with Crippen LogP contribution in [0.4, 0.5) is 0 Å². The summed E-state index contributed by atoms with van der Waals surface area (Å²) in [5.41, 5.74) is 0.643. The first kappa shape index (κ1) is 18.5. The summed E-state index contributed by atoms with van der Waals surface area (Å²) >= 11 is 6.15. The van der Waals surface area contributed by atoms with Crippen LogP contribution in [-0.4, -0.2) is 59.7 Å². The first-order chi connectivity index (χ1) is 11.9. The molecular weight excluding hydrogens is 340 g/mol. The van der Waals surface area contributed by atoms with E-state index >= 15 is 0 Å². The fourth-order valence-corrected chi connectivity index (χ4v) is 3.63. The Morgan fingerprint density at radius 3 is 2.52 bits per heavy atom. The lowest BCUT2D eigenvalue weighted by molar-refractivity contribution is -0.144. The predicted molar refractivity (Wildman–Crippen MR) is 98.3 cm³/mol. The number of benzene rings is 1. The van der Waals surface area contributed by atoms with Crippen LogP contribution in [0.25, 0.3) is 0 Å². The molecule has 2 fully saturated rings. The van der Waals surface area contributed by atoms with Gasteiger partial charge in [0.05, 0.1) is 6.10 Å². The smallest absolute Gasteiger partial charge is 0.325 e. The van der Waals surface area contributed by atoms with Crippen LogP contribution in [0.3, 0.4) is 0 Å². The van der Waals surface area contributed by atoms with Crippen molar-refractivity contribution < 1.29 is 14.6 Å². The van der Waals surface area contributed by atoms with E-state index in [2.05, 4.69) is 4.90 Å². The summed E-state index contributed by atoms with van der Waals surface area (Å²) in [4.78, 5) is 16.6. The van der Waals surface area contributed by atoms with Gasteiger partial charge in [0, 0.05) is 43.3 Å². The fourth-order valence-electron chi connectivity index (χ4n) is 3.45. The number of ether oxygens (including phenoxy) is 1. The molecule has 1 saturated heterocycles. The van der Waals surface area contributed by atoms with Crippen molar-refractivity contribution in [2.24, 2.45) is 5.92 Å². The van der Waals surface area contributed by atoms with Crippen molar-refractivity contribution in [3.63, 3.8) is 0 Å². The van der Waals surface area contributed by atoms with Crippen LogP contribution in [-0.2, 0) is 4.79 Å². The van der Waals surface area contributed by atoms with Crippen molar-refractivity contribution in [1.82, 2.24) is 9.80 Å². The van der Waals surface area contributed by atoms with Gasteiger partial charge in [0.25, 0.3) is 0 Å². The van der Waals surface area contributed by atoms with E-state index < -0.39 is 12.0 Å². The highest BCUT2D eigenvalue weighted by Crippen LogP contribution is 2.34. The van der Waals surface area contributed by atoms with Gasteiger partial charge in [-0.25, -0.2) is 0 Å². The van der Waals surface area contributed by atoms with Crippen molar-refractivity contribution in [1.29, 1.82) is 0 Å². The standard InChI is InChI=1S/C19H27ClN2O3/c1-13(2)25-17-6-5-15(20)11-16(17)18(19(23)24)22-9-7-21(8-10-22)12-14-3-4-14/h5-6,11,13-14,18H,3-4,7-10,12H2,1-2H3,(H,23,24)/t18-/m0/s1. The average Bonchev–Trinajstić information content (AvgIpc) is 3.35. The number of aliphatic carboxylic acids is 1. The van der Waals surface area contributed by atoms with Crippen molar-refractivity contribution in [2.75, 3.05) is 32.7 Å². The lowest BCUT2D eigenvalue weighted by Gasteiger charge is -2.38. The van der Waals surface area contributed by atoms with Crippen molar-refractivity contribution >= 4 is 17.6 Å². The highest BCUT2D eigenvalue weighted by atomic mass is 35.5. The summed E-state index contributed by atoms with van der Waals surface area (Å²) in [6, 6.07) is 4.52. The highest BCUT2D eigenvalue weighted by molar-refractivity contribution is 6.30. The number of carboxylic acids is 1. The van der Waals surface area contributed by atoms with Gasteiger partial charge in [-0.05, 0) is 50.8 Å². The molecule has 1 atom stereocenters. The highest BCUT2D eigenvalue weighted by Gasteiger charge is 2.34. The Balaban J connectivity index is 1.77. The van der Waals surface area contributed by atoms with E-state index in [0.717, 1.165) is 38.6 Å². The number of halogens is 1. The van der Waals surface area contributed by atoms with Gasteiger partial charge in [0.15, 0.2) is 0 Å². The van der Waals surface area contributed by atoms with Crippen LogP contribution >= 0.6 is 11.6 Å². The van der Waals surface area contributed by atoms with Crippen LogP contribution in [0.15, 0.2) is 18.2 Å². The van der Waals surface area contributed by atoms with E-state index in [0.29, 0.717) is 16.3 Å². The molecule has 1 aromatic rings. The predicted octanol–water partition coefficient (Wildman–Crippen LogP) is 3.28. The summed E-state index contributed by atoms with van der Waals surface area (Å²) in [7, 11) is 0. The zero-order valence-electron chi connectivity index (χ0n) is 14.9. The molecule has 0 bridgehead atoms. The zero-order chi connectivity index (χ0) is 18.0. The topological polar surface area (TPSA) is 53.0 Å². The number of hydrogen-bond donors (Lipinski definition) is 1. The van der Waals surface area contributed by atoms with Crippen LogP contribution in [0.2, 0.25) is 5.02 Å². The van der Waals surface area contributed by atoms with Gasteiger partial charge in [0.1, 0.15) is 11.8 Å². The average molecular weight is 367 g/mol. The molecule has 2 aliphatic rings. The Morgan fingerprint density at radius 1 is 1.28 bits per heavy atom. The summed E-state index contributed by atoms with van der Waals surface area (Å²) < 4.78 is 5.85. The Labute approximate surface area is 154 Å². The number of nitrogens with zero attached hydrogens (tertiary/aromatic N) is 2. The largest absolute Gasteiger partial charge is 0.491 e. The molecule has 1 heterocycles. The quantitative estimate of drug-likeness (QED) is 0.802. The molecule has 1 aromatic carbocycles. The van der Waals surface area contributed by atoms with Gasteiger partial charge >= 0.3 is 5.97 Å². The molecule has 1 aliphatic heterocycles. The van der Waals surface area contributed by atoms with E-state index in [1.165, 1.54) is 12.8 Å². The lowest BCUT2D eigenvalue weighted by atomic mass is 10.0. The maximum atomic E-state index is 12.1. The number of rotatable bonds is 7. The third kappa shape index (κ3) is 4.87. The number of carbonyl (C=O) groups is 1. The van der Waals surface area contributed by atoms with Gasteiger partial charge in [-0.2, -0.15) is 0 Å². The van der Waals surface area contributed by atoms with E-state index in [1.54, 1.807) is 18.2 Å². The van der Waals surface area contributed by atoms with Gasteiger partial charge in [-0.3, -0.25) is 9.69 Å². The van der Waals surface area contributed by atoms with Crippen LogP contribution in [0.1, 0.15) is 38.3 Å². The van der Waals surface area contributed by atoms with Crippen LogP contribution in [0, 0.1) is 5.92 Å². The second-order valence-electron chi connectivity index (χ2n) is 7.37. The minimum Gasteiger partial charge on any atom is -0.491 e. The Hall–Kier alpha value is -1.30. The number of hydrogen-bond acceptors (Lipinski definition) is 4. The van der Waals surface area contributed by atoms with Gasteiger partial charge < -0.3 is 14.7 Å². The summed E-state index contributed by atoms with van der Waals surface area (Å²) in [6.07, 6.45) is 2.66. The second kappa shape index (κ2) is 7.94. The monoisotopic (exact) mass is 366 g/mol. The van der Waals surface area contributed by atoms with E-state index in [9.17, 15) is 9.90 Å². The van der Waals surface area contributed by atoms with E-state index in [-0.39, 0.29) is 6.10 Å². The van der Waals surface area contributed by atoms with Gasteiger partial charge in [0.2, 0.25) is 0 Å². The van der Waals surface area contributed by atoms with E-state index in [1.807, 2.05) is 18.7 Å². The molecule has 1 N–H and O–H groups in total. The Bertz CT molecular complexity index is 611. The first-order valence-corrected chi connectivity index (χ1v) is 9.47. The SMILES string of the molecule is CC(C)Oc1ccc(Cl)cc1[C@@H](C(=O)O)N1CCN(CC2CC2)CC1. The first-order valence-electron chi connectivity index (χ1n) is 9.09. The van der Waals surface area contributed by atoms with E-state index in [4.69, 9.17) is 16.3 Å². The maximum absolute atomic E-state index is 12.1. The van der Waals surface area contributed by atoms with Crippen molar-refractivity contribution in [3.05, 3.63) is 28.8 Å². The summed E-state index contributed by atoms with van der Waals surface area (Å²) in [5, 5.41) is 10.4. The molecule has 0 aromatic heterocycles. The summed E-state index contributed by atoms with van der Waals surface area (Å²) in [6.45, 7) is 8.36. The third-order valence-electron chi connectivity index (χ3n) is 4.85. The molecule has 6 heteroatoms. The molecule has 0 spiro atoms. The molecule has 1 saturated carbocycles. The molecule has 0 radical (unpaired) electrons. The zero-order valence-corrected chi connectivity index (χ0v) is 15.7. The molecule has 1 aliphatic carbocycles. The summed E-state index contributed by atoms with van der Waals surface area (Å²) in [5.74, 6) is 0.611. The van der Waals surface area contributed by atoms with Gasteiger partial charge in [-0.1, -0.05) is 11.6 Å². The number of carboxylic acid groups (broad SMARTS) is 1. The fraction of sp³-hybridized carbons (Fsp3) is 0.632. The molecule has 5 nitrogen and oxygen atoms in total. The number of piperazine rings is 1. The van der Waals surface area contributed by atoms with Crippen molar-refractivity contribution in [2.45, 2.75) is 38.8 Å². The molecule has 0 amide bonds. The third-order valence-corrected chi connectivity index (χ3v) is 5.08. The van der Waals surface area contributed by atoms with Crippen LogP contribution < -0.4 is 4.74 Å². The molecule has 3 rings (SSSR count). The minimum atomic E-state index is -0.855. The molecule has 25 heavy (non-hydrogen) atoms. The molecule has 0 unspecified atom stereocenters. The normalized spacial score (nSPS) is 20.6. The minimum absolute atomic E-state index is 0.0234.